The van der Waals surface area contributed by atoms with Gasteiger partial charge in [0.2, 0.25) is 0 Å². The van der Waals surface area contributed by atoms with E-state index in [1.807, 2.05) is 0 Å². The Labute approximate surface area is 138 Å². The molecule has 25 heavy (non-hydrogen) atoms. The van der Waals surface area contributed by atoms with Crippen LogP contribution in [0.5, 0.6) is 0 Å². The fourth-order valence-corrected chi connectivity index (χ4v) is 2.88. The van der Waals surface area contributed by atoms with E-state index in [9.17, 15) is 34.8 Å². The lowest BCUT2D eigenvalue weighted by Crippen LogP contribution is -2.16. The lowest BCUT2D eigenvalue weighted by Gasteiger charge is -2.15. The van der Waals surface area contributed by atoms with Crippen molar-refractivity contribution >= 4 is 15.7 Å². The zero-order valence-electron chi connectivity index (χ0n) is 12.5. The Morgan fingerprint density at radius 1 is 1.04 bits per heavy atom. The van der Waals surface area contributed by atoms with Gasteiger partial charge in [0.15, 0.2) is 0 Å². The van der Waals surface area contributed by atoms with E-state index in [2.05, 4.69) is 5.10 Å². The number of sulfonamides is 1. The SMILES string of the molecule is CCn1cc(S(=O)(=O)Nc2cc(C(F)(F)F)cc(C(F)(F)F)c2)cn1. The summed E-state index contributed by atoms with van der Waals surface area (Å²) in [7, 11) is -4.40. The first-order valence-corrected chi connectivity index (χ1v) is 8.16. The minimum atomic E-state index is -5.07. The quantitative estimate of drug-likeness (QED) is 0.813. The highest BCUT2D eigenvalue weighted by Crippen LogP contribution is 2.37. The molecule has 0 aliphatic rings. The molecular weight excluding hydrogens is 376 g/mol. The standard InChI is InChI=1S/C13H11F6N3O2S/c1-2-22-7-11(6-20-22)25(23,24)21-10-4-8(12(14,15)16)3-9(5-10)13(17,18)19/h3-7,21H,2H2,1H3. The van der Waals surface area contributed by atoms with Crippen molar-refractivity contribution in [3.63, 3.8) is 0 Å². The van der Waals surface area contributed by atoms with Crippen LogP contribution in [0.15, 0.2) is 35.5 Å². The number of nitrogens with zero attached hydrogens (tertiary/aromatic N) is 2. The fourth-order valence-electron chi connectivity index (χ4n) is 1.88. The van der Waals surface area contributed by atoms with E-state index >= 15 is 0 Å². The summed E-state index contributed by atoms with van der Waals surface area (Å²) in [5.74, 6) is 0. The van der Waals surface area contributed by atoms with Crippen LogP contribution in [0.25, 0.3) is 0 Å². The number of hydrogen-bond donors (Lipinski definition) is 1. The summed E-state index contributed by atoms with van der Waals surface area (Å²) in [6.45, 7) is 2.00. The van der Waals surface area contributed by atoms with Crippen LogP contribution in [-0.2, 0) is 28.9 Å². The fraction of sp³-hybridized carbons (Fsp3) is 0.308. The Hall–Kier alpha value is -2.24. The second-order valence-electron chi connectivity index (χ2n) is 4.93. The average molecular weight is 387 g/mol. The van der Waals surface area contributed by atoms with Crippen LogP contribution in [0.3, 0.4) is 0 Å². The van der Waals surface area contributed by atoms with E-state index in [0.717, 1.165) is 12.4 Å². The molecule has 2 aromatic rings. The first kappa shape index (κ1) is 19.1. The number of aromatic nitrogens is 2. The van der Waals surface area contributed by atoms with E-state index < -0.39 is 39.2 Å². The molecule has 0 aliphatic carbocycles. The third-order valence-corrected chi connectivity index (χ3v) is 4.42. The molecule has 1 heterocycles. The van der Waals surface area contributed by atoms with Crippen molar-refractivity contribution in [2.45, 2.75) is 30.7 Å². The topological polar surface area (TPSA) is 64.0 Å². The summed E-state index contributed by atoms with van der Waals surface area (Å²) in [6, 6.07) is 0.487. The maximum absolute atomic E-state index is 12.8. The second-order valence-corrected chi connectivity index (χ2v) is 6.61. The van der Waals surface area contributed by atoms with Gasteiger partial charge in [-0.2, -0.15) is 31.4 Å². The first-order chi connectivity index (χ1) is 11.3. The molecule has 0 bridgehead atoms. The Balaban J connectivity index is 2.47. The number of hydrogen-bond acceptors (Lipinski definition) is 3. The van der Waals surface area contributed by atoms with Crippen LogP contribution in [0, 0.1) is 0 Å². The van der Waals surface area contributed by atoms with Gasteiger partial charge in [-0.3, -0.25) is 9.40 Å². The molecule has 1 aromatic carbocycles. The molecular formula is C13H11F6N3O2S. The molecule has 138 valence electrons. The third-order valence-electron chi connectivity index (χ3n) is 3.08. The molecule has 12 heteroatoms. The molecule has 0 unspecified atom stereocenters. The number of aryl methyl sites for hydroxylation is 1. The van der Waals surface area contributed by atoms with Gasteiger partial charge in [0.1, 0.15) is 4.90 Å². The monoisotopic (exact) mass is 387 g/mol. The van der Waals surface area contributed by atoms with E-state index in [0.29, 0.717) is 6.54 Å². The number of nitrogens with one attached hydrogen (secondary N) is 1. The maximum atomic E-state index is 12.8. The Bertz CT molecular complexity index is 838. The first-order valence-electron chi connectivity index (χ1n) is 6.67. The number of benzene rings is 1. The average Bonchev–Trinajstić information content (AvgIpc) is 2.94. The molecule has 0 saturated heterocycles. The van der Waals surface area contributed by atoms with Gasteiger partial charge in [-0.05, 0) is 25.1 Å². The van der Waals surface area contributed by atoms with Crippen LogP contribution in [0.2, 0.25) is 0 Å². The summed E-state index contributed by atoms with van der Waals surface area (Å²) < 4.78 is 104. The molecule has 5 nitrogen and oxygen atoms in total. The van der Waals surface area contributed by atoms with E-state index in [1.165, 1.54) is 4.68 Å². The summed E-state index contributed by atoms with van der Waals surface area (Å²) in [4.78, 5) is -0.389. The molecule has 0 aliphatic heterocycles. The van der Waals surface area contributed by atoms with Gasteiger partial charge in [-0.1, -0.05) is 0 Å². The van der Waals surface area contributed by atoms with Crippen LogP contribution in [-0.4, -0.2) is 18.2 Å². The van der Waals surface area contributed by atoms with Gasteiger partial charge >= 0.3 is 12.4 Å². The molecule has 0 spiro atoms. The van der Waals surface area contributed by atoms with Crippen LogP contribution < -0.4 is 4.72 Å². The molecule has 2 rings (SSSR count). The molecule has 1 aromatic heterocycles. The predicted molar refractivity (Wildman–Crippen MR) is 75.2 cm³/mol. The zero-order chi connectivity index (χ0) is 19.0. The van der Waals surface area contributed by atoms with Crippen LogP contribution in [0.1, 0.15) is 18.1 Å². The van der Waals surface area contributed by atoms with Gasteiger partial charge < -0.3 is 0 Å². The van der Waals surface area contributed by atoms with E-state index in [1.54, 1.807) is 11.6 Å². The van der Waals surface area contributed by atoms with Gasteiger partial charge in [-0.25, -0.2) is 8.42 Å². The van der Waals surface area contributed by atoms with Crippen molar-refractivity contribution in [1.29, 1.82) is 0 Å². The third kappa shape index (κ3) is 4.44. The summed E-state index contributed by atoms with van der Waals surface area (Å²) in [5.41, 5.74) is -4.10. The maximum Gasteiger partial charge on any atom is 0.416 e. The van der Waals surface area contributed by atoms with Gasteiger partial charge in [-0.15, -0.1) is 0 Å². The number of halogens is 6. The Morgan fingerprint density at radius 3 is 1.96 bits per heavy atom. The zero-order valence-corrected chi connectivity index (χ0v) is 13.3. The number of alkyl halides is 6. The lowest BCUT2D eigenvalue weighted by atomic mass is 10.1. The van der Waals surface area contributed by atoms with Crippen molar-refractivity contribution < 1.29 is 34.8 Å². The molecule has 0 radical (unpaired) electrons. The lowest BCUT2D eigenvalue weighted by molar-refractivity contribution is -0.143. The van der Waals surface area contributed by atoms with Crippen LogP contribution >= 0.6 is 0 Å². The van der Waals surface area contributed by atoms with Crippen LogP contribution in [0.4, 0.5) is 32.0 Å². The van der Waals surface area contributed by atoms with Crippen molar-refractivity contribution in [1.82, 2.24) is 9.78 Å². The normalized spacial score (nSPS) is 13.1. The Kier molecular flexibility index (Phi) is 4.77. The van der Waals surface area contributed by atoms with Crippen molar-refractivity contribution in [3.05, 3.63) is 41.7 Å². The molecule has 1 N–H and O–H groups in total. The van der Waals surface area contributed by atoms with Gasteiger partial charge in [0.05, 0.1) is 23.0 Å². The molecule has 0 saturated carbocycles. The highest BCUT2D eigenvalue weighted by Gasteiger charge is 2.37. The highest BCUT2D eigenvalue weighted by atomic mass is 32.2. The largest absolute Gasteiger partial charge is 0.416 e. The van der Waals surface area contributed by atoms with Gasteiger partial charge in [0, 0.05) is 12.7 Å². The number of rotatable bonds is 4. The van der Waals surface area contributed by atoms with E-state index in [-0.39, 0.29) is 23.1 Å². The summed E-state index contributed by atoms with van der Waals surface area (Å²) in [6.07, 6.45) is -8.12. The smallest absolute Gasteiger partial charge is 0.280 e. The van der Waals surface area contributed by atoms with Crippen molar-refractivity contribution in [2.75, 3.05) is 4.72 Å². The van der Waals surface area contributed by atoms with Gasteiger partial charge in [0.25, 0.3) is 10.0 Å². The molecule has 0 fully saturated rings. The summed E-state index contributed by atoms with van der Waals surface area (Å²) in [5, 5.41) is 3.69. The minimum Gasteiger partial charge on any atom is -0.280 e. The Morgan fingerprint density at radius 2 is 1.56 bits per heavy atom. The number of anilines is 1. The molecule has 0 amide bonds. The second kappa shape index (κ2) is 6.24. The van der Waals surface area contributed by atoms with Crippen molar-refractivity contribution in [3.8, 4) is 0 Å². The highest BCUT2D eigenvalue weighted by molar-refractivity contribution is 7.92. The summed E-state index contributed by atoms with van der Waals surface area (Å²) >= 11 is 0. The predicted octanol–water partition coefficient (Wildman–Crippen LogP) is 3.74. The van der Waals surface area contributed by atoms with E-state index in [4.69, 9.17) is 0 Å². The molecule has 0 atom stereocenters. The van der Waals surface area contributed by atoms with Crippen molar-refractivity contribution in [2.24, 2.45) is 0 Å². The minimum absolute atomic E-state index is 0.0904.